The summed E-state index contributed by atoms with van der Waals surface area (Å²) in [6.07, 6.45) is 2.30. The molecule has 0 amide bonds. The third kappa shape index (κ3) is 2.97. The molecule has 2 atom stereocenters. The number of Topliss-reactive ketones (excluding diaryl/α,β-unsaturated/α-hetero) is 2. The topological polar surface area (TPSA) is 53.2 Å². The summed E-state index contributed by atoms with van der Waals surface area (Å²) in [7, 11) is 0. The van der Waals surface area contributed by atoms with Crippen molar-refractivity contribution in [3.63, 3.8) is 0 Å². The van der Waals surface area contributed by atoms with Crippen LogP contribution in [0.1, 0.15) is 35.3 Å². The molecule has 2 aromatic carbocycles. The molecule has 1 saturated heterocycles. The Bertz CT molecular complexity index is 945. The van der Waals surface area contributed by atoms with Crippen LogP contribution >= 0.6 is 0 Å². The van der Waals surface area contributed by atoms with Crippen LogP contribution in [0.15, 0.2) is 60.8 Å². The maximum absolute atomic E-state index is 13.0. The van der Waals surface area contributed by atoms with Gasteiger partial charge in [-0.15, -0.1) is 0 Å². The summed E-state index contributed by atoms with van der Waals surface area (Å²) in [6.45, 7) is 2.91. The molecule has 0 radical (unpaired) electrons. The number of carbonyl (C=O) groups is 2. The maximum atomic E-state index is 13.0. The highest BCUT2D eigenvalue weighted by Crippen LogP contribution is 2.34. The number of ketones is 2. The van der Waals surface area contributed by atoms with E-state index < -0.39 is 0 Å². The Morgan fingerprint density at radius 2 is 1.85 bits per heavy atom. The van der Waals surface area contributed by atoms with Gasteiger partial charge in [0.1, 0.15) is 5.78 Å². The number of rotatable bonds is 4. The zero-order chi connectivity index (χ0) is 18.1. The predicted octanol–water partition coefficient (Wildman–Crippen LogP) is 4.00. The Morgan fingerprint density at radius 3 is 2.65 bits per heavy atom. The summed E-state index contributed by atoms with van der Waals surface area (Å²) < 4.78 is 0. The average molecular weight is 346 g/mol. The molecule has 0 spiro atoms. The molecule has 1 aliphatic heterocycles. The van der Waals surface area contributed by atoms with Crippen molar-refractivity contribution in [3.05, 3.63) is 71.9 Å². The fourth-order valence-corrected chi connectivity index (χ4v) is 4.01. The lowest BCUT2D eigenvalue weighted by Crippen LogP contribution is -2.44. The monoisotopic (exact) mass is 346 g/mol. The summed E-state index contributed by atoms with van der Waals surface area (Å²) in [5.41, 5.74) is 2.79. The van der Waals surface area contributed by atoms with Crippen LogP contribution in [0, 0.1) is 5.92 Å². The maximum Gasteiger partial charge on any atom is 0.178 e. The number of aromatic nitrogens is 1. The Morgan fingerprint density at radius 1 is 1.12 bits per heavy atom. The highest BCUT2D eigenvalue weighted by atomic mass is 16.1. The summed E-state index contributed by atoms with van der Waals surface area (Å²) >= 11 is 0. The van der Waals surface area contributed by atoms with Gasteiger partial charge in [-0.05, 0) is 11.6 Å². The summed E-state index contributed by atoms with van der Waals surface area (Å²) in [4.78, 5) is 30.6. The SMILES string of the molecule is C[C@H]1C(=O)CCN(CC(=O)c2c[nH]c3ccccc23)[C@@H]1c1ccccc1. The van der Waals surface area contributed by atoms with Crippen LogP contribution < -0.4 is 0 Å². The fraction of sp³-hybridized carbons (Fsp3) is 0.273. The molecule has 1 aliphatic rings. The first-order valence-corrected chi connectivity index (χ1v) is 9.06. The molecule has 1 N–H and O–H groups in total. The lowest BCUT2D eigenvalue weighted by atomic mass is 9.84. The average Bonchev–Trinajstić information content (AvgIpc) is 3.10. The smallest absolute Gasteiger partial charge is 0.178 e. The molecule has 2 heterocycles. The van der Waals surface area contributed by atoms with E-state index in [-0.39, 0.29) is 23.5 Å². The second kappa shape index (κ2) is 6.89. The lowest BCUT2D eigenvalue weighted by Gasteiger charge is -2.39. The zero-order valence-corrected chi connectivity index (χ0v) is 14.8. The second-order valence-electron chi connectivity index (χ2n) is 7.00. The Balaban J connectivity index is 1.63. The number of benzene rings is 2. The van der Waals surface area contributed by atoms with Gasteiger partial charge in [0.15, 0.2) is 5.78 Å². The second-order valence-corrected chi connectivity index (χ2v) is 7.00. The standard InChI is InChI=1S/C22H22N2O2/c1-15-20(25)11-12-24(22(15)16-7-3-2-4-8-16)14-21(26)18-13-23-19-10-6-5-9-17(18)19/h2-10,13,15,22-23H,11-12,14H2,1H3/t15-,22-/m0/s1. The van der Waals surface area contributed by atoms with Crippen molar-refractivity contribution in [3.8, 4) is 0 Å². The van der Waals surface area contributed by atoms with Crippen molar-refractivity contribution in [2.24, 2.45) is 5.92 Å². The number of nitrogens with one attached hydrogen (secondary N) is 1. The molecule has 4 rings (SSSR count). The van der Waals surface area contributed by atoms with Crippen LogP contribution in [0.25, 0.3) is 10.9 Å². The molecule has 4 heteroatoms. The number of nitrogens with zero attached hydrogens (tertiary/aromatic N) is 1. The number of hydrogen-bond donors (Lipinski definition) is 1. The van der Waals surface area contributed by atoms with Gasteiger partial charge in [0.25, 0.3) is 0 Å². The molecule has 3 aromatic rings. The quantitative estimate of drug-likeness (QED) is 0.727. The minimum absolute atomic E-state index is 0.0494. The number of carbonyl (C=O) groups excluding carboxylic acids is 2. The van der Waals surface area contributed by atoms with E-state index in [0.29, 0.717) is 19.5 Å². The molecule has 1 fully saturated rings. The molecular weight excluding hydrogens is 324 g/mol. The van der Waals surface area contributed by atoms with Gasteiger partial charge < -0.3 is 4.98 Å². The first-order chi connectivity index (χ1) is 12.6. The first kappa shape index (κ1) is 16.7. The summed E-state index contributed by atoms with van der Waals surface area (Å²) in [6, 6.07) is 17.8. The van der Waals surface area contributed by atoms with Crippen molar-refractivity contribution < 1.29 is 9.59 Å². The van der Waals surface area contributed by atoms with Crippen molar-refractivity contribution in [1.29, 1.82) is 0 Å². The predicted molar refractivity (Wildman–Crippen MR) is 102 cm³/mol. The van der Waals surface area contributed by atoms with Gasteiger partial charge in [0.05, 0.1) is 6.54 Å². The molecule has 132 valence electrons. The van der Waals surface area contributed by atoms with E-state index in [4.69, 9.17) is 0 Å². The van der Waals surface area contributed by atoms with E-state index in [2.05, 4.69) is 9.88 Å². The molecule has 0 saturated carbocycles. The van der Waals surface area contributed by atoms with Crippen LogP contribution in [0.4, 0.5) is 0 Å². The van der Waals surface area contributed by atoms with Gasteiger partial charge in [-0.3, -0.25) is 14.5 Å². The van der Waals surface area contributed by atoms with Crippen LogP contribution in [0.5, 0.6) is 0 Å². The van der Waals surface area contributed by atoms with Crippen molar-refractivity contribution >= 4 is 22.5 Å². The summed E-state index contributed by atoms with van der Waals surface area (Å²) in [5, 5.41) is 0.954. The Kier molecular flexibility index (Phi) is 4.43. The van der Waals surface area contributed by atoms with E-state index in [9.17, 15) is 9.59 Å². The minimum atomic E-state index is -0.109. The largest absolute Gasteiger partial charge is 0.360 e. The number of likely N-dealkylation sites (tertiary alicyclic amines) is 1. The van der Waals surface area contributed by atoms with Crippen molar-refractivity contribution in [2.45, 2.75) is 19.4 Å². The van der Waals surface area contributed by atoms with E-state index >= 15 is 0 Å². The number of hydrogen-bond acceptors (Lipinski definition) is 3. The van der Waals surface area contributed by atoms with Gasteiger partial charge in [-0.1, -0.05) is 55.5 Å². The van der Waals surface area contributed by atoms with Gasteiger partial charge in [-0.25, -0.2) is 0 Å². The first-order valence-electron chi connectivity index (χ1n) is 9.06. The molecule has 26 heavy (non-hydrogen) atoms. The number of H-pyrrole nitrogens is 1. The number of aromatic amines is 1. The van der Waals surface area contributed by atoms with Crippen molar-refractivity contribution in [1.82, 2.24) is 9.88 Å². The van der Waals surface area contributed by atoms with E-state index in [0.717, 1.165) is 22.0 Å². The molecule has 0 aliphatic carbocycles. The Labute approximate surface area is 152 Å². The Hall–Kier alpha value is -2.72. The van der Waals surface area contributed by atoms with Crippen molar-refractivity contribution in [2.75, 3.05) is 13.1 Å². The summed E-state index contributed by atoms with van der Waals surface area (Å²) in [5.74, 6) is 0.251. The van der Waals surface area contributed by atoms with Crippen LogP contribution in [0.2, 0.25) is 0 Å². The van der Waals surface area contributed by atoms with E-state index in [1.54, 1.807) is 6.20 Å². The lowest BCUT2D eigenvalue weighted by molar-refractivity contribution is -0.128. The van der Waals surface area contributed by atoms with Gasteiger partial charge in [0.2, 0.25) is 0 Å². The third-order valence-corrected chi connectivity index (χ3v) is 5.40. The molecule has 0 bridgehead atoms. The van der Waals surface area contributed by atoms with Crippen LogP contribution in [0.3, 0.4) is 0 Å². The minimum Gasteiger partial charge on any atom is -0.360 e. The van der Waals surface area contributed by atoms with Crippen LogP contribution in [-0.4, -0.2) is 34.5 Å². The van der Waals surface area contributed by atoms with E-state index in [1.165, 1.54) is 0 Å². The third-order valence-electron chi connectivity index (χ3n) is 5.40. The fourth-order valence-electron chi connectivity index (χ4n) is 4.01. The highest BCUT2D eigenvalue weighted by Gasteiger charge is 2.36. The van der Waals surface area contributed by atoms with Gasteiger partial charge >= 0.3 is 0 Å². The molecular formula is C22H22N2O2. The zero-order valence-electron chi connectivity index (χ0n) is 14.8. The highest BCUT2D eigenvalue weighted by molar-refractivity contribution is 6.08. The normalized spacial score (nSPS) is 21.2. The molecule has 4 nitrogen and oxygen atoms in total. The van der Waals surface area contributed by atoms with Crippen LogP contribution in [-0.2, 0) is 4.79 Å². The number of fused-ring (bicyclic) bond motifs is 1. The number of para-hydroxylation sites is 1. The number of piperidine rings is 1. The van der Waals surface area contributed by atoms with Gasteiger partial charge in [-0.2, -0.15) is 0 Å². The van der Waals surface area contributed by atoms with Gasteiger partial charge in [0, 0.05) is 47.6 Å². The van der Waals surface area contributed by atoms with E-state index in [1.807, 2.05) is 61.5 Å². The molecule has 0 unspecified atom stereocenters. The molecule has 1 aromatic heterocycles.